The zero-order valence-electron chi connectivity index (χ0n) is 22.0. The summed E-state index contributed by atoms with van der Waals surface area (Å²) in [5, 5.41) is 18.1. The highest BCUT2D eigenvalue weighted by atomic mass is 127. The van der Waals surface area contributed by atoms with Gasteiger partial charge in [-0.05, 0) is 111 Å². The summed E-state index contributed by atoms with van der Waals surface area (Å²) in [6.07, 6.45) is 5.71. The highest BCUT2D eigenvalue weighted by molar-refractivity contribution is 14.1. The lowest BCUT2D eigenvalue weighted by Crippen LogP contribution is -2.17. The molecule has 0 fully saturated rings. The molecule has 2 amide bonds. The minimum atomic E-state index is -0.409. The fourth-order valence-electron chi connectivity index (χ4n) is 4.88. The van der Waals surface area contributed by atoms with Gasteiger partial charge in [0.15, 0.2) is 0 Å². The van der Waals surface area contributed by atoms with Crippen molar-refractivity contribution in [3.8, 4) is 10.8 Å². The molecule has 0 bridgehead atoms. The second kappa shape index (κ2) is 11.4. The quantitative estimate of drug-likeness (QED) is 0.123. The van der Waals surface area contributed by atoms with Crippen LogP contribution in [0.15, 0.2) is 53.6 Å². The molecule has 1 aliphatic carbocycles. The molecular weight excluding hydrogens is 623 g/mol. The summed E-state index contributed by atoms with van der Waals surface area (Å²) < 4.78 is 2.79. The van der Waals surface area contributed by atoms with Crippen LogP contribution in [-0.4, -0.2) is 27.7 Å². The smallest absolute Gasteiger partial charge is 0.271 e. The Morgan fingerprint density at radius 1 is 1.03 bits per heavy atom. The lowest BCUT2D eigenvalue weighted by Gasteiger charge is -2.14. The van der Waals surface area contributed by atoms with Crippen LogP contribution in [0.2, 0.25) is 0 Å². The number of hydrazone groups is 1. The van der Waals surface area contributed by atoms with Gasteiger partial charge in [0, 0.05) is 33.1 Å². The van der Waals surface area contributed by atoms with Crippen LogP contribution in [0.3, 0.4) is 0 Å². The Hall–Kier alpha value is -3.44. The lowest BCUT2D eigenvalue weighted by atomic mass is 9.95. The predicted molar refractivity (Wildman–Crippen MR) is 165 cm³/mol. The van der Waals surface area contributed by atoms with Crippen molar-refractivity contribution in [2.45, 2.75) is 46.5 Å². The molecule has 5 rings (SSSR count). The summed E-state index contributed by atoms with van der Waals surface area (Å²) in [6.45, 7) is 6.03. The molecule has 9 heteroatoms. The first-order chi connectivity index (χ1) is 18.7. The molecule has 1 aliphatic rings. The van der Waals surface area contributed by atoms with Crippen LogP contribution in [0.5, 0.6) is 5.75 Å². The second-order valence-electron chi connectivity index (χ2n) is 9.74. The highest BCUT2D eigenvalue weighted by Crippen LogP contribution is 2.39. The van der Waals surface area contributed by atoms with Crippen LogP contribution < -0.4 is 10.7 Å². The van der Waals surface area contributed by atoms with Crippen molar-refractivity contribution in [1.29, 1.82) is 0 Å². The third-order valence-electron chi connectivity index (χ3n) is 6.94. The minimum absolute atomic E-state index is 0.0524. The third kappa shape index (κ3) is 5.65. The van der Waals surface area contributed by atoms with Gasteiger partial charge < -0.3 is 15.0 Å². The molecule has 0 aliphatic heterocycles. The third-order valence-corrected chi connectivity index (χ3v) is 9.13. The van der Waals surface area contributed by atoms with E-state index in [-0.39, 0.29) is 11.7 Å². The Balaban J connectivity index is 1.44. The maximum Gasteiger partial charge on any atom is 0.271 e. The number of amides is 2. The van der Waals surface area contributed by atoms with Gasteiger partial charge in [-0.15, -0.1) is 11.3 Å². The van der Waals surface area contributed by atoms with Gasteiger partial charge in [-0.3, -0.25) is 9.59 Å². The molecule has 4 aromatic rings. The molecule has 0 radical (unpaired) electrons. The Kier molecular flexibility index (Phi) is 7.90. The van der Waals surface area contributed by atoms with E-state index in [4.69, 9.17) is 0 Å². The number of carbonyl (C=O) groups is 2. The number of anilines is 1. The van der Waals surface area contributed by atoms with Crippen molar-refractivity contribution in [1.82, 2.24) is 9.99 Å². The normalized spacial score (nSPS) is 12.9. The molecule has 2 aromatic heterocycles. The van der Waals surface area contributed by atoms with Gasteiger partial charge in [-0.2, -0.15) is 5.10 Å². The fraction of sp³-hybridized carbons (Fsp3) is 0.233. The SMILES string of the molecule is Cc1ccc(NC(=O)c2c(-n3c(C)cc(/C=N\NC(=O)c4ccc(I)c(O)c4)c3C)sc3c2CCCC3)cc1. The number of hydrogen-bond donors (Lipinski definition) is 3. The summed E-state index contributed by atoms with van der Waals surface area (Å²) in [5.41, 5.74) is 9.42. The first-order valence-electron chi connectivity index (χ1n) is 12.8. The molecule has 0 unspecified atom stereocenters. The molecule has 0 atom stereocenters. The van der Waals surface area contributed by atoms with E-state index in [1.54, 1.807) is 29.7 Å². The lowest BCUT2D eigenvalue weighted by molar-refractivity contribution is 0.0953. The zero-order chi connectivity index (χ0) is 27.7. The average molecular weight is 653 g/mol. The van der Waals surface area contributed by atoms with Gasteiger partial charge in [0.25, 0.3) is 11.8 Å². The Morgan fingerprint density at radius 2 is 1.77 bits per heavy atom. The minimum Gasteiger partial charge on any atom is -0.507 e. The van der Waals surface area contributed by atoms with Crippen LogP contribution in [0.25, 0.3) is 5.00 Å². The maximum absolute atomic E-state index is 13.7. The van der Waals surface area contributed by atoms with Crippen LogP contribution in [0.1, 0.15) is 66.5 Å². The summed E-state index contributed by atoms with van der Waals surface area (Å²) in [4.78, 5) is 27.4. The number of phenolic OH excluding ortho intramolecular Hbond substituents is 1. The number of thiophene rings is 1. The average Bonchev–Trinajstić information content (AvgIpc) is 3.42. The molecule has 3 N–H and O–H groups in total. The topological polar surface area (TPSA) is 95.7 Å². The largest absolute Gasteiger partial charge is 0.507 e. The van der Waals surface area contributed by atoms with Crippen molar-refractivity contribution < 1.29 is 14.7 Å². The standard InChI is InChI=1S/C30H29IN4O3S/c1-17-8-11-22(12-9-17)33-29(38)27-23-6-4-5-7-26(23)39-30(27)35-18(2)14-21(19(35)3)16-32-34-28(37)20-10-13-24(31)25(36)15-20/h8-16,36H,4-7H2,1-3H3,(H,33,38)(H,34,37)/b32-16-. The molecule has 0 saturated heterocycles. The van der Waals surface area contributed by atoms with E-state index in [1.165, 1.54) is 10.9 Å². The number of carbonyl (C=O) groups excluding carboxylic acids is 2. The van der Waals surface area contributed by atoms with Crippen molar-refractivity contribution >= 4 is 57.6 Å². The van der Waals surface area contributed by atoms with E-state index in [9.17, 15) is 14.7 Å². The van der Waals surface area contributed by atoms with E-state index in [2.05, 4.69) is 20.4 Å². The summed E-state index contributed by atoms with van der Waals surface area (Å²) in [6, 6.07) is 14.6. The Bertz CT molecular complexity index is 1600. The first kappa shape index (κ1) is 27.1. The number of halogens is 1. The van der Waals surface area contributed by atoms with Gasteiger partial charge in [-0.25, -0.2) is 5.43 Å². The van der Waals surface area contributed by atoms with E-state index in [0.717, 1.165) is 70.0 Å². The molecule has 2 aromatic carbocycles. The van der Waals surface area contributed by atoms with E-state index >= 15 is 0 Å². The predicted octanol–water partition coefficient (Wildman–Crippen LogP) is 6.67. The molecule has 200 valence electrons. The van der Waals surface area contributed by atoms with E-state index < -0.39 is 5.91 Å². The van der Waals surface area contributed by atoms with Crippen LogP contribution in [0, 0.1) is 24.3 Å². The number of hydrogen-bond acceptors (Lipinski definition) is 5. The van der Waals surface area contributed by atoms with Crippen LogP contribution >= 0.6 is 33.9 Å². The van der Waals surface area contributed by atoms with Crippen LogP contribution in [0.4, 0.5) is 5.69 Å². The summed E-state index contributed by atoms with van der Waals surface area (Å²) in [5.74, 6) is -0.451. The van der Waals surface area contributed by atoms with Crippen molar-refractivity contribution in [3.63, 3.8) is 0 Å². The van der Waals surface area contributed by atoms with Gasteiger partial charge in [0.05, 0.1) is 15.3 Å². The van der Waals surface area contributed by atoms with Crippen molar-refractivity contribution in [2.75, 3.05) is 5.32 Å². The monoisotopic (exact) mass is 652 g/mol. The fourth-order valence-corrected chi connectivity index (χ4v) is 6.72. The molecule has 7 nitrogen and oxygen atoms in total. The Labute approximate surface area is 245 Å². The van der Waals surface area contributed by atoms with Crippen LogP contribution in [-0.2, 0) is 12.8 Å². The number of fused-ring (bicyclic) bond motifs is 1. The molecule has 2 heterocycles. The highest BCUT2D eigenvalue weighted by Gasteiger charge is 2.28. The molecule has 39 heavy (non-hydrogen) atoms. The summed E-state index contributed by atoms with van der Waals surface area (Å²) >= 11 is 3.69. The number of benzene rings is 2. The number of phenols is 1. The molecular formula is C30H29IN4O3S. The zero-order valence-corrected chi connectivity index (χ0v) is 24.9. The number of nitrogens with zero attached hydrogens (tertiary/aromatic N) is 2. The van der Waals surface area contributed by atoms with Crippen molar-refractivity contribution in [3.05, 3.63) is 96.2 Å². The van der Waals surface area contributed by atoms with Gasteiger partial charge in [-0.1, -0.05) is 17.7 Å². The van der Waals surface area contributed by atoms with Gasteiger partial charge in [0.2, 0.25) is 0 Å². The summed E-state index contributed by atoms with van der Waals surface area (Å²) in [7, 11) is 0. The molecule has 0 saturated carbocycles. The van der Waals surface area contributed by atoms with E-state index in [1.807, 2.05) is 73.7 Å². The number of nitrogens with one attached hydrogen (secondary N) is 2. The Morgan fingerprint density at radius 3 is 2.51 bits per heavy atom. The molecule has 0 spiro atoms. The van der Waals surface area contributed by atoms with Crippen molar-refractivity contribution in [2.24, 2.45) is 5.10 Å². The van der Waals surface area contributed by atoms with E-state index in [0.29, 0.717) is 9.13 Å². The maximum atomic E-state index is 13.7. The first-order valence-corrected chi connectivity index (χ1v) is 14.7. The van der Waals surface area contributed by atoms with Gasteiger partial charge >= 0.3 is 0 Å². The number of aromatic nitrogens is 1. The van der Waals surface area contributed by atoms with Gasteiger partial charge in [0.1, 0.15) is 10.8 Å². The second-order valence-corrected chi connectivity index (χ2v) is 12.0. The number of rotatable bonds is 6. The number of aryl methyl sites for hydroxylation is 3. The number of aromatic hydroxyl groups is 1.